The van der Waals surface area contributed by atoms with Crippen LogP contribution in [0.4, 0.5) is 4.79 Å². The first kappa shape index (κ1) is 16.9. The summed E-state index contributed by atoms with van der Waals surface area (Å²) in [6.07, 6.45) is 1.00. The highest BCUT2D eigenvalue weighted by atomic mass is 35.5. The summed E-state index contributed by atoms with van der Waals surface area (Å²) in [5.74, 6) is 0.421. The molecule has 1 aromatic rings. The molecule has 5 nitrogen and oxygen atoms in total. The third kappa shape index (κ3) is 5.84. The molecule has 0 bridgehead atoms. The Morgan fingerprint density at radius 3 is 2.70 bits per heavy atom. The van der Waals surface area contributed by atoms with Gasteiger partial charge in [0.2, 0.25) is 0 Å². The van der Waals surface area contributed by atoms with E-state index in [1.807, 2.05) is 0 Å². The molecule has 0 radical (unpaired) electrons. The zero-order chi connectivity index (χ0) is 15.3. The van der Waals surface area contributed by atoms with Crippen LogP contribution in [0.3, 0.4) is 0 Å². The number of hydrogen-bond donors (Lipinski definition) is 1. The standard InChI is InChI=1S/C13H18Cl2N2O3/c1-8(17-12(18)20-13(2,3)4)7-19-9-5-6-16-11(15)10(9)14/h5-6,8H,7H2,1-4H3,(H,17,18). The number of amides is 1. The second kappa shape index (κ2) is 6.99. The lowest BCUT2D eigenvalue weighted by atomic mass is 10.2. The minimum absolute atomic E-state index is 0.178. The van der Waals surface area contributed by atoms with Gasteiger partial charge in [-0.25, -0.2) is 9.78 Å². The van der Waals surface area contributed by atoms with Gasteiger partial charge < -0.3 is 14.8 Å². The van der Waals surface area contributed by atoms with Crippen molar-refractivity contribution in [1.29, 1.82) is 0 Å². The number of nitrogens with zero attached hydrogens (tertiary/aromatic N) is 1. The smallest absolute Gasteiger partial charge is 0.407 e. The Morgan fingerprint density at radius 2 is 2.10 bits per heavy atom. The molecule has 20 heavy (non-hydrogen) atoms. The summed E-state index contributed by atoms with van der Waals surface area (Å²) in [5, 5.41) is 3.09. The minimum atomic E-state index is -0.535. The fourth-order valence-electron chi connectivity index (χ4n) is 1.28. The number of ether oxygens (including phenoxy) is 2. The molecule has 0 saturated carbocycles. The number of carbonyl (C=O) groups is 1. The quantitative estimate of drug-likeness (QED) is 0.860. The van der Waals surface area contributed by atoms with Crippen molar-refractivity contribution in [2.75, 3.05) is 6.61 Å². The molecule has 0 spiro atoms. The van der Waals surface area contributed by atoms with Gasteiger partial charge in [0.25, 0.3) is 0 Å². The van der Waals surface area contributed by atoms with E-state index in [0.29, 0.717) is 5.75 Å². The molecule has 1 amide bonds. The van der Waals surface area contributed by atoms with Gasteiger partial charge in [-0.2, -0.15) is 0 Å². The van der Waals surface area contributed by atoms with Crippen LogP contribution in [0.5, 0.6) is 5.75 Å². The average molecular weight is 321 g/mol. The molecule has 0 aromatic carbocycles. The van der Waals surface area contributed by atoms with Gasteiger partial charge in [0, 0.05) is 12.3 Å². The molecule has 1 heterocycles. The molecule has 0 aliphatic carbocycles. The number of aromatic nitrogens is 1. The lowest BCUT2D eigenvalue weighted by Crippen LogP contribution is -2.40. The zero-order valence-electron chi connectivity index (χ0n) is 11.9. The topological polar surface area (TPSA) is 60.5 Å². The first-order chi connectivity index (χ1) is 9.19. The molecular formula is C13H18Cl2N2O3. The highest BCUT2D eigenvalue weighted by molar-refractivity contribution is 6.42. The third-order valence-electron chi connectivity index (χ3n) is 2.06. The molecule has 0 aliphatic heterocycles. The minimum Gasteiger partial charge on any atom is -0.490 e. The lowest BCUT2D eigenvalue weighted by molar-refractivity contribution is 0.0494. The van der Waals surface area contributed by atoms with Crippen molar-refractivity contribution in [3.63, 3.8) is 0 Å². The van der Waals surface area contributed by atoms with Crippen LogP contribution in [0.2, 0.25) is 10.2 Å². The van der Waals surface area contributed by atoms with Gasteiger partial charge >= 0.3 is 6.09 Å². The van der Waals surface area contributed by atoms with Crippen LogP contribution in [0, 0.1) is 0 Å². The number of halogens is 2. The van der Waals surface area contributed by atoms with Crippen LogP contribution >= 0.6 is 23.2 Å². The van der Waals surface area contributed by atoms with Crippen LogP contribution in [-0.4, -0.2) is 29.3 Å². The molecule has 1 aromatic heterocycles. The molecule has 1 atom stereocenters. The normalized spacial score (nSPS) is 12.7. The summed E-state index contributed by atoms with van der Waals surface area (Å²) in [6.45, 7) is 7.42. The number of alkyl carbamates (subject to hydrolysis) is 1. The second-order valence-corrected chi connectivity index (χ2v) is 6.01. The lowest BCUT2D eigenvalue weighted by Gasteiger charge is -2.22. The van der Waals surface area contributed by atoms with Crippen molar-refractivity contribution in [2.24, 2.45) is 0 Å². The summed E-state index contributed by atoms with van der Waals surface area (Å²) in [7, 11) is 0. The SMILES string of the molecule is CC(COc1ccnc(Cl)c1Cl)NC(=O)OC(C)(C)C. The highest BCUT2D eigenvalue weighted by Crippen LogP contribution is 2.29. The summed E-state index contributed by atoms with van der Waals surface area (Å²) < 4.78 is 10.6. The van der Waals surface area contributed by atoms with Crippen LogP contribution in [0.15, 0.2) is 12.3 Å². The van der Waals surface area contributed by atoms with E-state index in [1.54, 1.807) is 33.8 Å². The number of carbonyl (C=O) groups excluding carboxylic acids is 1. The molecule has 1 N–H and O–H groups in total. The molecule has 112 valence electrons. The summed E-state index contributed by atoms with van der Waals surface area (Å²) in [4.78, 5) is 15.4. The number of nitrogens with one attached hydrogen (secondary N) is 1. The van der Waals surface area contributed by atoms with Crippen LogP contribution in [-0.2, 0) is 4.74 Å². The van der Waals surface area contributed by atoms with Gasteiger partial charge in [-0.15, -0.1) is 0 Å². The zero-order valence-corrected chi connectivity index (χ0v) is 13.4. The van der Waals surface area contributed by atoms with Crippen molar-refractivity contribution in [1.82, 2.24) is 10.3 Å². The Morgan fingerprint density at radius 1 is 1.45 bits per heavy atom. The first-order valence-electron chi connectivity index (χ1n) is 6.11. The molecular weight excluding hydrogens is 303 g/mol. The molecule has 7 heteroatoms. The fraction of sp³-hybridized carbons (Fsp3) is 0.538. The maximum absolute atomic E-state index is 11.6. The van der Waals surface area contributed by atoms with E-state index in [9.17, 15) is 4.79 Å². The Labute approximate surface area is 128 Å². The largest absolute Gasteiger partial charge is 0.490 e. The van der Waals surface area contributed by atoms with E-state index >= 15 is 0 Å². The number of rotatable bonds is 4. The van der Waals surface area contributed by atoms with Gasteiger partial charge in [0.05, 0.1) is 6.04 Å². The highest BCUT2D eigenvalue weighted by Gasteiger charge is 2.18. The van der Waals surface area contributed by atoms with Crippen molar-refractivity contribution in [3.05, 3.63) is 22.4 Å². The van der Waals surface area contributed by atoms with Gasteiger partial charge in [-0.3, -0.25) is 0 Å². The Hall–Kier alpha value is -1.20. The number of pyridine rings is 1. The van der Waals surface area contributed by atoms with Crippen LogP contribution < -0.4 is 10.1 Å². The van der Waals surface area contributed by atoms with Gasteiger partial charge in [-0.05, 0) is 27.7 Å². The van der Waals surface area contributed by atoms with Gasteiger partial charge in [0.15, 0.2) is 5.15 Å². The van der Waals surface area contributed by atoms with E-state index in [4.69, 9.17) is 32.7 Å². The maximum Gasteiger partial charge on any atom is 0.407 e. The predicted molar refractivity (Wildman–Crippen MR) is 78.6 cm³/mol. The maximum atomic E-state index is 11.6. The van der Waals surface area contributed by atoms with E-state index in [1.165, 1.54) is 6.20 Å². The van der Waals surface area contributed by atoms with Crippen LogP contribution in [0.1, 0.15) is 27.7 Å². The number of hydrogen-bond acceptors (Lipinski definition) is 4. The van der Waals surface area contributed by atoms with Crippen molar-refractivity contribution < 1.29 is 14.3 Å². The van der Waals surface area contributed by atoms with Crippen molar-refractivity contribution in [2.45, 2.75) is 39.3 Å². The Bertz CT molecular complexity index is 475. The molecule has 0 saturated heterocycles. The third-order valence-corrected chi connectivity index (χ3v) is 2.81. The average Bonchev–Trinajstić information content (AvgIpc) is 2.28. The fourth-order valence-corrected chi connectivity index (χ4v) is 1.59. The summed E-state index contributed by atoms with van der Waals surface area (Å²) in [5.41, 5.74) is -0.535. The van der Waals surface area contributed by atoms with E-state index in [0.717, 1.165) is 0 Å². The van der Waals surface area contributed by atoms with Gasteiger partial charge in [-0.1, -0.05) is 23.2 Å². The first-order valence-corrected chi connectivity index (χ1v) is 6.87. The summed E-state index contributed by atoms with van der Waals surface area (Å²) in [6, 6.07) is 1.36. The molecule has 0 fully saturated rings. The molecule has 1 unspecified atom stereocenters. The van der Waals surface area contributed by atoms with E-state index in [-0.39, 0.29) is 22.8 Å². The molecule has 1 rings (SSSR count). The Kier molecular flexibility index (Phi) is 5.89. The van der Waals surface area contributed by atoms with Crippen molar-refractivity contribution in [3.8, 4) is 5.75 Å². The van der Waals surface area contributed by atoms with E-state index < -0.39 is 11.7 Å². The Balaban J connectivity index is 2.46. The van der Waals surface area contributed by atoms with Crippen LogP contribution in [0.25, 0.3) is 0 Å². The second-order valence-electron chi connectivity index (χ2n) is 5.27. The monoisotopic (exact) mass is 320 g/mol. The summed E-state index contributed by atoms with van der Waals surface area (Å²) >= 11 is 11.7. The predicted octanol–water partition coefficient (Wildman–Crippen LogP) is 3.68. The van der Waals surface area contributed by atoms with Gasteiger partial charge in [0.1, 0.15) is 23.0 Å². The van der Waals surface area contributed by atoms with E-state index in [2.05, 4.69) is 10.3 Å². The van der Waals surface area contributed by atoms with Crippen molar-refractivity contribution >= 4 is 29.3 Å². The molecule has 0 aliphatic rings.